The molecule has 0 heteroatoms. The van der Waals surface area contributed by atoms with Crippen molar-refractivity contribution in [3.63, 3.8) is 0 Å². The standard InChI is InChI=1S/C14H10/c1-2-5-11-9-10-12-6-4-8-14(12)13(11)7-3-1/h1-10H. The second kappa shape index (κ2) is 2.85. The van der Waals surface area contributed by atoms with Crippen LogP contribution in [0.2, 0.25) is 0 Å². The van der Waals surface area contributed by atoms with E-state index in [1.165, 1.54) is 21.5 Å². The molecule has 0 bridgehead atoms. The van der Waals surface area contributed by atoms with Gasteiger partial charge in [0, 0.05) is 0 Å². The van der Waals surface area contributed by atoms with Crippen LogP contribution < -0.4 is 0 Å². The Hall–Kier alpha value is -1.82. The molecule has 14 heavy (non-hydrogen) atoms. The monoisotopic (exact) mass is 178 g/mol. The van der Waals surface area contributed by atoms with E-state index in [-0.39, 0.29) is 0 Å². The van der Waals surface area contributed by atoms with Gasteiger partial charge in [0.1, 0.15) is 0 Å². The highest BCUT2D eigenvalue weighted by Gasteiger charge is 1.97. The molecule has 0 fully saturated rings. The number of hydrogen-bond donors (Lipinski definition) is 0. The van der Waals surface area contributed by atoms with Crippen LogP contribution in [0.1, 0.15) is 0 Å². The highest BCUT2D eigenvalue weighted by atomic mass is 14.0. The van der Waals surface area contributed by atoms with E-state index in [1.54, 1.807) is 0 Å². The van der Waals surface area contributed by atoms with Crippen molar-refractivity contribution in [1.29, 1.82) is 0 Å². The maximum atomic E-state index is 2.18. The molecule has 0 aliphatic heterocycles. The summed E-state index contributed by atoms with van der Waals surface area (Å²) in [5, 5.41) is 5.30. The van der Waals surface area contributed by atoms with Gasteiger partial charge >= 0.3 is 0 Å². The van der Waals surface area contributed by atoms with Crippen molar-refractivity contribution in [2.24, 2.45) is 0 Å². The van der Waals surface area contributed by atoms with Crippen LogP contribution in [0.5, 0.6) is 0 Å². The molecule has 0 spiro atoms. The summed E-state index contributed by atoms with van der Waals surface area (Å²) in [6.45, 7) is 0. The van der Waals surface area contributed by atoms with Crippen LogP contribution in [-0.2, 0) is 0 Å². The Labute approximate surface area is 82.8 Å². The minimum absolute atomic E-state index is 1.30. The number of rotatable bonds is 0. The molecule has 0 nitrogen and oxygen atoms in total. The zero-order valence-corrected chi connectivity index (χ0v) is 7.77. The molecular weight excluding hydrogens is 168 g/mol. The Kier molecular flexibility index (Phi) is 1.54. The van der Waals surface area contributed by atoms with Gasteiger partial charge in [-0.3, -0.25) is 0 Å². The van der Waals surface area contributed by atoms with Gasteiger partial charge in [-0.15, -0.1) is 0 Å². The van der Waals surface area contributed by atoms with Gasteiger partial charge in [0.2, 0.25) is 0 Å². The van der Waals surface area contributed by atoms with Gasteiger partial charge in [-0.05, 0) is 21.5 Å². The highest BCUT2D eigenvalue weighted by Crippen LogP contribution is 2.24. The lowest BCUT2D eigenvalue weighted by molar-refractivity contribution is 1.89. The molecule has 0 N–H and O–H groups in total. The van der Waals surface area contributed by atoms with Crippen LogP contribution in [-0.4, -0.2) is 0 Å². The van der Waals surface area contributed by atoms with Crippen LogP contribution in [0.25, 0.3) is 21.5 Å². The Morgan fingerprint density at radius 3 is 1.79 bits per heavy atom. The largest absolute Gasteiger partial charge is 0.0622 e. The van der Waals surface area contributed by atoms with Gasteiger partial charge in [-0.2, -0.15) is 0 Å². The minimum atomic E-state index is 1.30. The van der Waals surface area contributed by atoms with Gasteiger partial charge in [0.25, 0.3) is 0 Å². The fraction of sp³-hybridized carbons (Fsp3) is 0. The van der Waals surface area contributed by atoms with Crippen molar-refractivity contribution in [2.75, 3.05) is 0 Å². The summed E-state index contributed by atoms with van der Waals surface area (Å²) >= 11 is 0. The van der Waals surface area contributed by atoms with Gasteiger partial charge in [-0.25, -0.2) is 0 Å². The van der Waals surface area contributed by atoms with Crippen molar-refractivity contribution in [3.05, 3.63) is 60.7 Å². The maximum Gasteiger partial charge on any atom is -0.0105 e. The Balaban J connectivity index is 2.64. The summed E-state index contributed by atoms with van der Waals surface area (Å²) < 4.78 is 0. The van der Waals surface area contributed by atoms with Gasteiger partial charge in [0.05, 0.1) is 0 Å². The Morgan fingerprint density at radius 1 is 0.429 bits per heavy atom. The van der Waals surface area contributed by atoms with Gasteiger partial charge in [-0.1, -0.05) is 60.7 Å². The van der Waals surface area contributed by atoms with E-state index in [9.17, 15) is 0 Å². The van der Waals surface area contributed by atoms with E-state index in [2.05, 4.69) is 60.7 Å². The lowest BCUT2D eigenvalue weighted by atomic mass is 10.1. The van der Waals surface area contributed by atoms with Gasteiger partial charge in [0.15, 0.2) is 0 Å². The van der Waals surface area contributed by atoms with Crippen LogP contribution in [0.15, 0.2) is 60.7 Å². The molecule has 0 amide bonds. The fourth-order valence-electron chi connectivity index (χ4n) is 1.96. The normalized spacial score (nSPS) is 10.9. The summed E-state index contributed by atoms with van der Waals surface area (Å²) in [7, 11) is 0. The molecule has 0 heterocycles. The van der Waals surface area contributed by atoms with E-state index in [4.69, 9.17) is 0 Å². The summed E-state index contributed by atoms with van der Waals surface area (Å²) in [5.74, 6) is 0. The summed E-state index contributed by atoms with van der Waals surface area (Å²) in [4.78, 5) is 0. The molecule has 0 aromatic heterocycles. The molecule has 0 unspecified atom stereocenters. The summed E-state index contributed by atoms with van der Waals surface area (Å²) in [6.07, 6.45) is 0. The first-order chi connectivity index (χ1) is 6.95. The number of benzene rings is 1. The van der Waals surface area contributed by atoms with Crippen LogP contribution >= 0.6 is 0 Å². The molecule has 0 aliphatic carbocycles. The SMILES string of the molecule is c1ccc2ccc3cccc3c2cc1. The quantitative estimate of drug-likeness (QED) is 0.488. The third-order valence-corrected chi connectivity index (χ3v) is 2.65. The van der Waals surface area contributed by atoms with E-state index < -0.39 is 0 Å². The van der Waals surface area contributed by atoms with Gasteiger partial charge < -0.3 is 0 Å². The predicted molar refractivity (Wildman–Crippen MR) is 61.5 cm³/mol. The molecule has 0 radical (unpaired) electrons. The second-order valence-electron chi connectivity index (χ2n) is 3.51. The van der Waals surface area contributed by atoms with E-state index in [0.717, 1.165) is 0 Å². The van der Waals surface area contributed by atoms with Crippen LogP contribution in [0, 0.1) is 0 Å². The van der Waals surface area contributed by atoms with E-state index in [0.29, 0.717) is 0 Å². The summed E-state index contributed by atoms with van der Waals surface area (Å²) in [5.41, 5.74) is 0. The van der Waals surface area contributed by atoms with Crippen LogP contribution in [0.3, 0.4) is 0 Å². The Morgan fingerprint density at radius 2 is 1.00 bits per heavy atom. The molecular formula is C14H10. The first-order valence-corrected chi connectivity index (χ1v) is 4.82. The van der Waals surface area contributed by atoms with E-state index in [1.807, 2.05) is 0 Å². The molecule has 66 valence electrons. The molecule has 3 aromatic rings. The first-order valence-electron chi connectivity index (χ1n) is 4.82. The lowest BCUT2D eigenvalue weighted by Crippen LogP contribution is -1.67. The second-order valence-corrected chi connectivity index (χ2v) is 3.51. The predicted octanol–water partition coefficient (Wildman–Crippen LogP) is 3.99. The average Bonchev–Trinajstić information content (AvgIpc) is 2.55. The third kappa shape index (κ3) is 1.01. The molecule has 0 atom stereocenters. The molecule has 3 aromatic carbocycles. The molecule has 0 saturated heterocycles. The highest BCUT2D eigenvalue weighted by molar-refractivity contribution is 6.07. The fourth-order valence-corrected chi connectivity index (χ4v) is 1.96. The van der Waals surface area contributed by atoms with Crippen molar-refractivity contribution in [1.82, 2.24) is 0 Å². The molecule has 0 saturated carbocycles. The van der Waals surface area contributed by atoms with Crippen molar-refractivity contribution in [2.45, 2.75) is 0 Å². The minimum Gasteiger partial charge on any atom is -0.0622 e. The first kappa shape index (κ1) is 7.57. The topological polar surface area (TPSA) is 0 Å². The van der Waals surface area contributed by atoms with Crippen LogP contribution in [0.4, 0.5) is 0 Å². The van der Waals surface area contributed by atoms with Crippen molar-refractivity contribution in [3.8, 4) is 0 Å². The van der Waals surface area contributed by atoms with E-state index >= 15 is 0 Å². The third-order valence-electron chi connectivity index (χ3n) is 2.65. The number of fused-ring (bicyclic) bond motifs is 3. The van der Waals surface area contributed by atoms with Crippen molar-refractivity contribution < 1.29 is 0 Å². The molecule has 0 aliphatic rings. The maximum absolute atomic E-state index is 2.18. The zero-order valence-electron chi connectivity index (χ0n) is 7.77. The summed E-state index contributed by atoms with van der Waals surface area (Å²) in [6, 6.07) is 21.4. The van der Waals surface area contributed by atoms with Crippen molar-refractivity contribution >= 4 is 21.5 Å². The molecule has 3 rings (SSSR count). The smallest absolute Gasteiger partial charge is 0.0105 e. The Bertz CT molecular complexity index is 594. The lowest BCUT2D eigenvalue weighted by Gasteiger charge is -1.95. The number of hydrogen-bond acceptors (Lipinski definition) is 0. The average molecular weight is 178 g/mol. The zero-order chi connectivity index (χ0) is 9.38.